The van der Waals surface area contributed by atoms with Crippen LogP contribution in [0.25, 0.3) is 16.6 Å². The Morgan fingerprint density at radius 3 is 2.51 bits per heavy atom. The fourth-order valence-corrected chi connectivity index (χ4v) is 13.0. The summed E-state index contributed by atoms with van der Waals surface area (Å²) in [5.41, 5.74) is 6.84. The van der Waals surface area contributed by atoms with Crippen LogP contribution in [0.15, 0.2) is 89.5 Å². The van der Waals surface area contributed by atoms with Crippen molar-refractivity contribution in [1.82, 2.24) is 19.6 Å². The summed E-state index contributed by atoms with van der Waals surface area (Å²) >= 11 is 6.27. The molecule has 1 amide bonds. The fraction of sp³-hybridized carbons (Fsp3) is 0.429. The number of H-pyrrole nitrogens is 1. The van der Waals surface area contributed by atoms with E-state index in [4.69, 9.17) is 21.3 Å². The number of nitro benzene ring substituents is 1. The number of benzene rings is 3. The Bertz CT molecular complexity index is 2890. The molecule has 2 fully saturated rings. The molecule has 2 saturated heterocycles. The van der Waals surface area contributed by atoms with Crippen LogP contribution in [-0.4, -0.2) is 106 Å². The molecule has 15 nitrogen and oxygen atoms in total. The van der Waals surface area contributed by atoms with Gasteiger partial charge in [-0.3, -0.25) is 19.8 Å². The van der Waals surface area contributed by atoms with E-state index < -0.39 is 38.6 Å². The van der Waals surface area contributed by atoms with Gasteiger partial charge in [-0.25, -0.2) is 13.1 Å². The molecule has 18 heteroatoms. The van der Waals surface area contributed by atoms with Crippen LogP contribution in [0.5, 0.6) is 5.88 Å². The number of fused-ring (bicyclic) bond motifs is 2. The Labute approximate surface area is 396 Å². The summed E-state index contributed by atoms with van der Waals surface area (Å²) in [6.45, 7) is 11.8. The van der Waals surface area contributed by atoms with Gasteiger partial charge in [0.25, 0.3) is 21.6 Å². The lowest BCUT2D eigenvalue weighted by Crippen LogP contribution is -2.47. The van der Waals surface area contributed by atoms with Gasteiger partial charge in [-0.1, -0.05) is 43.2 Å². The van der Waals surface area contributed by atoms with Gasteiger partial charge in [0, 0.05) is 86.5 Å². The predicted molar refractivity (Wildman–Crippen MR) is 267 cm³/mol. The molecule has 3 aromatic carbocycles. The van der Waals surface area contributed by atoms with E-state index in [1.165, 1.54) is 28.8 Å². The van der Waals surface area contributed by atoms with E-state index in [2.05, 4.69) is 50.8 Å². The number of carbonyl (C=O) groups excluding carboxylic acids is 1. The highest BCUT2D eigenvalue weighted by atomic mass is 35.5. The first kappa shape index (κ1) is 46.7. The minimum absolute atomic E-state index is 0.103. The molecular formula is C49H58ClN8O7PS. The lowest BCUT2D eigenvalue weighted by Gasteiger charge is -2.39. The van der Waals surface area contributed by atoms with E-state index in [9.17, 15) is 27.9 Å². The first-order chi connectivity index (χ1) is 32.0. The normalized spacial score (nSPS) is 21.3. The maximum absolute atomic E-state index is 14.4. The van der Waals surface area contributed by atoms with Crippen molar-refractivity contribution in [3.05, 3.63) is 111 Å². The second kappa shape index (κ2) is 18.9. The molecule has 9 rings (SSSR count). The van der Waals surface area contributed by atoms with Gasteiger partial charge in [0.1, 0.15) is 17.0 Å². The van der Waals surface area contributed by atoms with Gasteiger partial charge < -0.3 is 29.4 Å². The van der Waals surface area contributed by atoms with Crippen molar-refractivity contribution < 1.29 is 27.4 Å². The third-order valence-electron chi connectivity index (χ3n) is 13.9. The summed E-state index contributed by atoms with van der Waals surface area (Å²) in [6.07, 6.45) is 8.36. The predicted octanol–water partition coefficient (Wildman–Crippen LogP) is 9.76. The number of sulfonamides is 1. The van der Waals surface area contributed by atoms with Crippen molar-refractivity contribution in [2.75, 3.05) is 86.5 Å². The topological polar surface area (TPSA) is 183 Å². The molecule has 0 atom stereocenters. The zero-order chi connectivity index (χ0) is 47.1. The van der Waals surface area contributed by atoms with Gasteiger partial charge in [-0.15, -0.1) is 0 Å². The Kier molecular flexibility index (Phi) is 13.2. The van der Waals surface area contributed by atoms with Gasteiger partial charge in [-0.2, -0.15) is 4.98 Å². The molecule has 5 aromatic rings. The van der Waals surface area contributed by atoms with Crippen LogP contribution in [0.2, 0.25) is 5.02 Å². The van der Waals surface area contributed by atoms with E-state index in [0.717, 1.165) is 87.0 Å². The van der Waals surface area contributed by atoms with E-state index in [1.54, 1.807) is 12.3 Å². The highest BCUT2D eigenvalue weighted by Gasteiger charge is 2.32. The molecule has 3 aliphatic heterocycles. The van der Waals surface area contributed by atoms with Crippen LogP contribution in [0.4, 0.5) is 28.4 Å². The second-order valence-electron chi connectivity index (χ2n) is 19.4. The summed E-state index contributed by atoms with van der Waals surface area (Å²) in [5, 5.41) is 17.0. The monoisotopic (exact) mass is 968 g/mol. The Balaban J connectivity index is 0.976. The van der Waals surface area contributed by atoms with E-state index in [-0.39, 0.29) is 22.6 Å². The van der Waals surface area contributed by atoms with Crippen molar-refractivity contribution in [2.45, 2.75) is 57.3 Å². The quantitative estimate of drug-likeness (QED) is 0.0612. The highest BCUT2D eigenvalue weighted by molar-refractivity contribution is 7.90. The summed E-state index contributed by atoms with van der Waals surface area (Å²) in [6, 6.07) is 21.1. The van der Waals surface area contributed by atoms with Gasteiger partial charge >= 0.3 is 0 Å². The molecule has 0 radical (unpaired) electrons. The SMILES string of the molecule is CC1(C)CCC(CN2CCN(c3ccc(C(=O)NS(=O)(=O)c4ccc(NCC5CCP(C)(=O)CC5)c([N+](=O)[O-])c4)c(N4CCCOc5nc6[nH]ccc6cc54)c3)CC2)=C(c2ccc(Cl)cc2)C1. The molecule has 5 heterocycles. The fourth-order valence-electron chi connectivity index (χ4n) is 9.89. The van der Waals surface area contributed by atoms with Crippen molar-refractivity contribution in [3.63, 3.8) is 0 Å². The first-order valence-electron chi connectivity index (χ1n) is 23.1. The van der Waals surface area contributed by atoms with Crippen molar-refractivity contribution in [2.24, 2.45) is 11.3 Å². The molecule has 0 unspecified atom stereocenters. The summed E-state index contributed by atoms with van der Waals surface area (Å²) in [7, 11) is -6.72. The Hall–Kier alpha value is -5.41. The van der Waals surface area contributed by atoms with Gasteiger partial charge in [0.15, 0.2) is 0 Å². The van der Waals surface area contributed by atoms with Crippen LogP contribution >= 0.6 is 18.7 Å². The molecule has 0 bridgehead atoms. The van der Waals surface area contributed by atoms with Gasteiger partial charge in [0.05, 0.1) is 34.8 Å². The van der Waals surface area contributed by atoms with Crippen molar-refractivity contribution >= 4 is 79.7 Å². The third-order valence-corrected chi connectivity index (χ3v) is 17.9. The molecule has 1 aliphatic carbocycles. The number of pyridine rings is 1. The summed E-state index contributed by atoms with van der Waals surface area (Å²) < 4.78 is 48.8. The van der Waals surface area contributed by atoms with Crippen molar-refractivity contribution in [1.29, 1.82) is 0 Å². The maximum Gasteiger partial charge on any atom is 0.293 e. The number of halogens is 1. The number of hydrogen-bond donors (Lipinski definition) is 3. The van der Waals surface area contributed by atoms with Gasteiger partial charge in [-0.05, 0) is 122 Å². The van der Waals surface area contributed by atoms with Crippen LogP contribution in [0, 0.1) is 21.4 Å². The number of nitrogens with zero attached hydrogens (tertiary/aromatic N) is 5. The zero-order valence-corrected chi connectivity index (χ0v) is 40.7. The Morgan fingerprint density at radius 2 is 1.76 bits per heavy atom. The smallest absolute Gasteiger partial charge is 0.293 e. The molecule has 354 valence electrons. The van der Waals surface area contributed by atoms with Crippen LogP contribution < -0.4 is 24.6 Å². The van der Waals surface area contributed by atoms with Crippen LogP contribution in [-0.2, 0) is 14.6 Å². The number of hydrogen-bond acceptors (Lipinski definition) is 12. The Morgan fingerprint density at radius 1 is 1.00 bits per heavy atom. The number of aromatic amines is 1. The van der Waals surface area contributed by atoms with E-state index >= 15 is 0 Å². The van der Waals surface area contributed by atoms with E-state index in [0.29, 0.717) is 61.3 Å². The first-order valence-corrected chi connectivity index (χ1v) is 27.5. The molecule has 0 saturated carbocycles. The van der Waals surface area contributed by atoms with Crippen LogP contribution in [0.1, 0.15) is 68.3 Å². The minimum atomic E-state index is -4.59. The number of nitro groups is 1. The average molecular weight is 970 g/mol. The van der Waals surface area contributed by atoms with Gasteiger partial charge in [0.2, 0.25) is 5.88 Å². The van der Waals surface area contributed by atoms with Crippen LogP contribution in [0.3, 0.4) is 0 Å². The number of ether oxygens (including phenoxy) is 1. The molecule has 3 N–H and O–H groups in total. The lowest BCUT2D eigenvalue weighted by atomic mass is 9.72. The maximum atomic E-state index is 14.4. The summed E-state index contributed by atoms with van der Waals surface area (Å²) in [4.78, 5) is 40.3. The number of nitrogens with one attached hydrogen (secondary N) is 3. The highest BCUT2D eigenvalue weighted by Crippen LogP contribution is 2.48. The summed E-state index contributed by atoms with van der Waals surface area (Å²) in [5.74, 6) is -0.308. The zero-order valence-electron chi connectivity index (χ0n) is 38.2. The molecule has 67 heavy (non-hydrogen) atoms. The largest absolute Gasteiger partial charge is 0.476 e. The number of allylic oxidation sites excluding steroid dienone is 1. The number of aromatic nitrogens is 2. The number of amides is 1. The average Bonchev–Trinajstić information content (AvgIpc) is 3.66. The minimum Gasteiger partial charge on any atom is -0.476 e. The lowest BCUT2D eigenvalue weighted by molar-refractivity contribution is -0.384. The molecular weight excluding hydrogens is 911 g/mol. The standard InChI is InChI=1S/C49H58ClN8O7PS/c1-49(2)17-13-36(41(30-49)34-5-7-37(50)8-6-34)32-55-20-22-56(23-21-55)38-9-11-40(43(28-38)57-19-4-24-65-48-45(57)27-35-14-18-51-46(35)53-48)47(59)54-67(63,64)39-10-12-42(44(29-39)58(60)61)52-31-33-15-25-66(3,62)26-16-33/h5-12,14,18,27-29,33,52H,4,13,15-17,19-26,30-32H2,1-3H3,(H,51,53)(H,54,59). The number of piperazine rings is 1. The molecule has 0 spiro atoms. The van der Waals surface area contributed by atoms with Crippen molar-refractivity contribution in [3.8, 4) is 5.88 Å². The second-order valence-corrected chi connectivity index (χ2v) is 25.0. The number of rotatable bonds is 12. The number of anilines is 4. The molecule has 2 aromatic heterocycles. The van der Waals surface area contributed by atoms with E-state index in [1.807, 2.05) is 48.0 Å². The third kappa shape index (κ3) is 10.5. The molecule has 4 aliphatic rings. The number of carbonyl (C=O) groups is 1.